The average Bonchev–Trinajstić information content (AvgIpc) is 2.41. The number of rotatable bonds is 5. The van der Waals surface area contributed by atoms with Crippen LogP contribution in [0.4, 0.5) is 0 Å². The van der Waals surface area contributed by atoms with Crippen LogP contribution in [0.5, 0.6) is 0 Å². The number of Topliss-reactive ketones (excluding diaryl/α,β-unsaturated/α-hetero) is 1. The number of likely N-dealkylation sites (tertiary alicyclic amines) is 1. The van der Waals surface area contributed by atoms with Gasteiger partial charge in [0.2, 0.25) is 5.91 Å². The number of hydrogen-bond donors (Lipinski definition) is 1. The van der Waals surface area contributed by atoms with Crippen molar-refractivity contribution in [2.75, 3.05) is 6.54 Å². The number of aliphatic hydroxyl groups is 1. The molecule has 1 aromatic rings. The minimum atomic E-state index is -0.828. The lowest BCUT2D eigenvalue weighted by Gasteiger charge is -2.47. The Labute approximate surface area is 112 Å². The van der Waals surface area contributed by atoms with Crippen LogP contribution in [-0.4, -0.2) is 40.4 Å². The van der Waals surface area contributed by atoms with Gasteiger partial charge in [-0.2, -0.15) is 0 Å². The van der Waals surface area contributed by atoms with Gasteiger partial charge in [-0.3, -0.25) is 9.59 Å². The van der Waals surface area contributed by atoms with Crippen LogP contribution >= 0.6 is 0 Å². The molecule has 3 atom stereocenters. The van der Waals surface area contributed by atoms with Crippen molar-refractivity contribution in [2.45, 2.75) is 19.1 Å². The van der Waals surface area contributed by atoms with Gasteiger partial charge in [0, 0.05) is 12.1 Å². The van der Waals surface area contributed by atoms with Crippen molar-refractivity contribution in [3.8, 4) is 0 Å². The molecule has 1 aromatic carbocycles. The Morgan fingerprint density at radius 2 is 2.11 bits per heavy atom. The fourth-order valence-corrected chi connectivity index (χ4v) is 2.47. The number of nitrogens with zero attached hydrogens (tertiary/aromatic N) is 1. The lowest BCUT2D eigenvalue weighted by molar-refractivity contribution is -0.158. The summed E-state index contributed by atoms with van der Waals surface area (Å²) in [5, 5.41) is 9.67. The molecule has 0 spiro atoms. The van der Waals surface area contributed by atoms with Gasteiger partial charge >= 0.3 is 0 Å². The Kier molecular flexibility index (Phi) is 3.81. The quantitative estimate of drug-likeness (QED) is 0.492. The van der Waals surface area contributed by atoms with E-state index in [1.165, 1.54) is 4.90 Å². The largest absolute Gasteiger partial charge is 0.392 e. The van der Waals surface area contributed by atoms with Crippen molar-refractivity contribution in [1.29, 1.82) is 0 Å². The first-order valence-corrected chi connectivity index (χ1v) is 6.26. The molecule has 1 fully saturated rings. The van der Waals surface area contributed by atoms with Gasteiger partial charge in [0.1, 0.15) is 6.04 Å². The van der Waals surface area contributed by atoms with Gasteiger partial charge in [-0.25, -0.2) is 0 Å². The summed E-state index contributed by atoms with van der Waals surface area (Å²) in [6, 6.07) is 8.24. The van der Waals surface area contributed by atoms with Crippen molar-refractivity contribution < 1.29 is 14.7 Å². The lowest BCUT2D eigenvalue weighted by Crippen LogP contribution is -2.67. The molecule has 0 bridgehead atoms. The fraction of sp³-hybridized carbons (Fsp3) is 0.333. The molecule has 19 heavy (non-hydrogen) atoms. The smallest absolute Gasteiger partial charge is 0.231 e. The third kappa shape index (κ3) is 2.31. The van der Waals surface area contributed by atoms with Gasteiger partial charge in [0.15, 0.2) is 5.78 Å². The Morgan fingerprint density at radius 1 is 1.47 bits per heavy atom. The molecular weight excluding hydrogens is 242 g/mol. The first kappa shape index (κ1) is 13.5. The highest BCUT2D eigenvalue weighted by Gasteiger charge is 2.52. The molecule has 0 aliphatic carbocycles. The first-order valence-electron chi connectivity index (χ1n) is 6.26. The van der Waals surface area contributed by atoms with Crippen LogP contribution < -0.4 is 0 Å². The maximum Gasteiger partial charge on any atom is 0.231 e. The van der Waals surface area contributed by atoms with Crippen LogP contribution in [0.3, 0.4) is 0 Å². The van der Waals surface area contributed by atoms with E-state index in [4.69, 9.17) is 0 Å². The van der Waals surface area contributed by atoms with E-state index < -0.39 is 18.1 Å². The van der Waals surface area contributed by atoms with Gasteiger partial charge in [-0.15, -0.1) is 6.58 Å². The summed E-state index contributed by atoms with van der Waals surface area (Å²) in [6.07, 6.45) is 0.757. The summed E-state index contributed by atoms with van der Waals surface area (Å²) >= 11 is 0. The second kappa shape index (κ2) is 5.36. The van der Waals surface area contributed by atoms with Crippen molar-refractivity contribution in [1.82, 2.24) is 4.90 Å². The number of carbonyl (C=O) groups excluding carboxylic acids is 2. The molecule has 1 saturated heterocycles. The van der Waals surface area contributed by atoms with E-state index in [9.17, 15) is 14.7 Å². The van der Waals surface area contributed by atoms with Crippen LogP contribution in [0.25, 0.3) is 0 Å². The molecule has 4 heteroatoms. The summed E-state index contributed by atoms with van der Waals surface area (Å²) in [6.45, 7) is 5.45. The molecule has 0 saturated carbocycles. The number of hydrogen-bond acceptors (Lipinski definition) is 3. The normalized spacial score (nSPS) is 23.7. The Hall–Kier alpha value is -1.94. The molecule has 100 valence electrons. The molecule has 1 amide bonds. The number of carbonyl (C=O) groups is 2. The van der Waals surface area contributed by atoms with E-state index in [0.717, 1.165) is 0 Å². The summed E-state index contributed by atoms with van der Waals surface area (Å²) < 4.78 is 0. The molecule has 4 nitrogen and oxygen atoms in total. The molecule has 0 aromatic heterocycles. The highest BCUT2D eigenvalue weighted by Crippen LogP contribution is 2.32. The SMILES string of the molecule is C=CCN1C(=O)C(C(C)O)C1C(=O)c1ccccc1. The van der Waals surface area contributed by atoms with Crippen LogP contribution in [0.1, 0.15) is 17.3 Å². The van der Waals surface area contributed by atoms with Crippen LogP contribution in [0.2, 0.25) is 0 Å². The predicted molar refractivity (Wildman–Crippen MR) is 71.6 cm³/mol. The van der Waals surface area contributed by atoms with Crippen LogP contribution in [0, 0.1) is 5.92 Å². The molecule has 3 unspecified atom stereocenters. The Bertz CT molecular complexity index is 495. The van der Waals surface area contributed by atoms with E-state index in [-0.39, 0.29) is 11.7 Å². The topological polar surface area (TPSA) is 57.6 Å². The minimum absolute atomic E-state index is 0.132. The highest BCUT2D eigenvalue weighted by molar-refractivity contribution is 6.08. The lowest BCUT2D eigenvalue weighted by atomic mass is 9.79. The van der Waals surface area contributed by atoms with E-state index in [1.54, 1.807) is 37.3 Å². The second-order valence-electron chi connectivity index (χ2n) is 4.72. The standard InChI is InChI=1S/C15H17NO3/c1-3-9-16-13(12(10(2)17)15(16)19)14(18)11-7-5-4-6-8-11/h3-8,10,12-13,17H,1,9H2,2H3. The maximum absolute atomic E-state index is 12.4. The second-order valence-corrected chi connectivity index (χ2v) is 4.72. The van der Waals surface area contributed by atoms with Crippen molar-refractivity contribution in [3.05, 3.63) is 48.6 Å². The van der Waals surface area contributed by atoms with Gasteiger partial charge in [-0.05, 0) is 6.92 Å². The Balaban J connectivity index is 2.26. The number of benzene rings is 1. The summed E-state index contributed by atoms with van der Waals surface area (Å²) in [5.41, 5.74) is 0.555. The number of aliphatic hydroxyl groups excluding tert-OH is 1. The van der Waals surface area contributed by atoms with Gasteiger partial charge < -0.3 is 10.0 Å². The molecular formula is C15H17NO3. The van der Waals surface area contributed by atoms with Gasteiger partial charge in [-0.1, -0.05) is 36.4 Å². The number of β-lactam (4-membered cyclic amide) rings is 1. The van der Waals surface area contributed by atoms with Gasteiger partial charge in [0.25, 0.3) is 0 Å². The minimum Gasteiger partial charge on any atom is -0.392 e. The zero-order chi connectivity index (χ0) is 14.0. The third-order valence-corrected chi connectivity index (χ3v) is 3.42. The van der Waals surface area contributed by atoms with E-state index in [2.05, 4.69) is 6.58 Å². The predicted octanol–water partition coefficient (Wildman–Crippen LogP) is 1.26. The summed E-state index contributed by atoms with van der Waals surface area (Å²) in [5.74, 6) is -0.968. The molecule has 1 aliphatic heterocycles. The number of amides is 1. The highest BCUT2D eigenvalue weighted by atomic mass is 16.3. The first-order chi connectivity index (χ1) is 9.07. The van der Waals surface area contributed by atoms with Crippen molar-refractivity contribution in [2.24, 2.45) is 5.92 Å². The Morgan fingerprint density at radius 3 is 2.63 bits per heavy atom. The van der Waals surface area contributed by atoms with E-state index in [1.807, 2.05) is 6.07 Å². The third-order valence-electron chi connectivity index (χ3n) is 3.42. The maximum atomic E-state index is 12.4. The summed E-state index contributed by atoms with van der Waals surface area (Å²) in [4.78, 5) is 25.8. The molecule has 1 heterocycles. The fourth-order valence-electron chi connectivity index (χ4n) is 2.47. The van der Waals surface area contributed by atoms with Crippen molar-refractivity contribution in [3.63, 3.8) is 0 Å². The zero-order valence-electron chi connectivity index (χ0n) is 10.8. The van der Waals surface area contributed by atoms with Crippen LogP contribution in [0.15, 0.2) is 43.0 Å². The van der Waals surface area contributed by atoms with E-state index >= 15 is 0 Å². The van der Waals surface area contributed by atoms with Gasteiger partial charge in [0.05, 0.1) is 12.0 Å². The van der Waals surface area contributed by atoms with Crippen molar-refractivity contribution >= 4 is 11.7 Å². The number of ketones is 1. The van der Waals surface area contributed by atoms with E-state index in [0.29, 0.717) is 12.1 Å². The molecule has 2 rings (SSSR count). The summed E-state index contributed by atoms with van der Waals surface area (Å²) in [7, 11) is 0. The van der Waals surface area contributed by atoms with Crippen LogP contribution in [-0.2, 0) is 4.79 Å². The monoisotopic (exact) mass is 259 g/mol. The zero-order valence-corrected chi connectivity index (χ0v) is 10.8. The molecule has 0 radical (unpaired) electrons. The average molecular weight is 259 g/mol. The molecule has 1 aliphatic rings. The molecule has 1 N–H and O–H groups in total.